The Balaban J connectivity index is 1.51. The van der Waals surface area contributed by atoms with E-state index in [-0.39, 0.29) is 30.4 Å². The van der Waals surface area contributed by atoms with Gasteiger partial charge in [-0.05, 0) is 53.4 Å². The van der Waals surface area contributed by atoms with Gasteiger partial charge in [-0.1, -0.05) is 0 Å². The first-order valence-electron chi connectivity index (χ1n) is 12.3. The Hall–Kier alpha value is -2.95. The number of amides is 1. The van der Waals surface area contributed by atoms with E-state index in [1.807, 2.05) is 0 Å². The van der Waals surface area contributed by atoms with Crippen LogP contribution in [0.3, 0.4) is 0 Å². The van der Waals surface area contributed by atoms with Crippen LogP contribution < -0.4 is 11.1 Å². The fraction of sp³-hybridized carbons (Fsp3) is 0.640. The van der Waals surface area contributed by atoms with Crippen molar-refractivity contribution in [1.82, 2.24) is 15.1 Å². The number of alkyl halides is 1. The molecule has 5 rings (SSSR count). The van der Waals surface area contributed by atoms with Gasteiger partial charge in [0.15, 0.2) is 11.6 Å². The molecule has 196 valence electrons. The molecule has 36 heavy (non-hydrogen) atoms. The number of halogens is 2. The van der Waals surface area contributed by atoms with Gasteiger partial charge >= 0.3 is 12.1 Å². The maximum absolute atomic E-state index is 17.0. The molecule has 4 N–H and O–H groups in total. The molecule has 1 saturated heterocycles. The highest BCUT2D eigenvalue weighted by molar-refractivity contribution is 6.19. The predicted molar refractivity (Wildman–Crippen MR) is 124 cm³/mol. The fourth-order valence-electron chi connectivity index (χ4n) is 5.76. The lowest BCUT2D eigenvalue weighted by molar-refractivity contribution is -0.135. The van der Waals surface area contributed by atoms with Gasteiger partial charge in [-0.2, -0.15) is 0 Å². The number of carbonyl (C=O) groups excluding carboxylic acids is 2. The van der Waals surface area contributed by atoms with Crippen molar-refractivity contribution in [1.29, 1.82) is 0 Å². The van der Waals surface area contributed by atoms with E-state index in [1.165, 1.54) is 18.0 Å². The minimum atomic E-state index is -2.72. The number of likely N-dealkylation sites (tertiary alicyclic amines) is 1. The van der Waals surface area contributed by atoms with Crippen LogP contribution in [0.15, 0.2) is 34.6 Å². The Bertz CT molecular complexity index is 1150. The van der Waals surface area contributed by atoms with E-state index in [2.05, 4.69) is 5.32 Å². The number of ether oxygens (including phenoxy) is 1. The zero-order valence-electron chi connectivity index (χ0n) is 20.9. The van der Waals surface area contributed by atoms with Gasteiger partial charge in [0.25, 0.3) is 0 Å². The highest BCUT2D eigenvalue weighted by atomic mass is 19.2. The van der Waals surface area contributed by atoms with Gasteiger partial charge in [-0.15, -0.1) is 0 Å². The first-order valence-corrected chi connectivity index (χ1v) is 12.3. The van der Waals surface area contributed by atoms with Gasteiger partial charge in [0.2, 0.25) is 5.79 Å². The van der Waals surface area contributed by atoms with Crippen LogP contribution in [0.4, 0.5) is 13.6 Å². The number of Topliss-reactive ketones (excluding diaryl/α,β-unsaturated/α-hetero) is 1. The average molecular weight is 507 g/mol. The highest BCUT2D eigenvalue weighted by Crippen LogP contribution is 2.58. The van der Waals surface area contributed by atoms with E-state index in [4.69, 9.17) is 10.5 Å². The fourth-order valence-corrected chi connectivity index (χ4v) is 5.76. The third-order valence-corrected chi connectivity index (χ3v) is 7.92. The Labute approximate surface area is 208 Å². The van der Waals surface area contributed by atoms with Crippen molar-refractivity contribution >= 4 is 17.8 Å². The van der Waals surface area contributed by atoms with Crippen LogP contribution in [0.1, 0.15) is 53.4 Å². The standard InChI is InChI=1S/C25H32F2N4O5/c1-12-18-16(19(32)14(21(33)34)9-31(18)13-5-6-13)17(28)20(26)25(12,27)30-10-15(24(11-30)7-8-24)29-22(35)36-23(2,3)4/h9,13,15-16H,5-8,10-11,28H2,1-4H3,(H,29,35)(H,33,34)/t15-,16?,25?/m1/s1. The summed E-state index contributed by atoms with van der Waals surface area (Å²) < 4.78 is 38.3. The molecule has 2 unspecified atom stereocenters. The number of aliphatic carboxylic acids is 1. The summed E-state index contributed by atoms with van der Waals surface area (Å²) >= 11 is 0. The summed E-state index contributed by atoms with van der Waals surface area (Å²) in [6.07, 6.45) is 3.58. The largest absolute Gasteiger partial charge is 0.478 e. The Morgan fingerprint density at radius 2 is 1.92 bits per heavy atom. The monoisotopic (exact) mass is 506 g/mol. The van der Waals surface area contributed by atoms with Crippen LogP contribution in [-0.2, 0) is 14.3 Å². The Morgan fingerprint density at radius 3 is 2.44 bits per heavy atom. The van der Waals surface area contributed by atoms with E-state index in [9.17, 15) is 19.5 Å². The second-order valence-electron chi connectivity index (χ2n) is 11.6. The van der Waals surface area contributed by atoms with E-state index < -0.39 is 63.7 Å². The topological polar surface area (TPSA) is 125 Å². The van der Waals surface area contributed by atoms with Gasteiger partial charge in [0.05, 0.1) is 11.7 Å². The normalized spacial score (nSPS) is 32.0. The molecule has 2 saturated carbocycles. The maximum atomic E-state index is 17.0. The number of carboxylic acid groups (broad SMARTS) is 1. The Kier molecular flexibility index (Phi) is 5.34. The number of carboxylic acids is 1. The number of nitrogens with two attached hydrogens (primary N) is 1. The third-order valence-electron chi connectivity index (χ3n) is 7.92. The highest BCUT2D eigenvalue weighted by Gasteiger charge is 2.63. The minimum Gasteiger partial charge on any atom is -0.478 e. The number of alkyl carbamates (subject to hydrolysis) is 1. The van der Waals surface area contributed by atoms with Crippen molar-refractivity contribution in [2.45, 2.75) is 76.9 Å². The lowest BCUT2D eigenvalue weighted by Gasteiger charge is -2.45. The summed E-state index contributed by atoms with van der Waals surface area (Å²) in [6, 6.07) is -0.552. The number of ketones is 1. The lowest BCUT2D eigenvalue weighted by Crippen LogP contribution is -2.54. The van der Waals surface area contributed by atoms with Crippen molar-refractivity contribution in [2.24, 2.45) is 17.1 Å². The first kappa shape index (κ1) is 24.7. The van der Waals surface area contributed by atoms with Gasteiger partial charge in [-0.3, -0.25) is 9.69 Å². The molecule has 3 fully saturated rings. The SMILES string of the molecule is CC1=C2C(C(=O)C(C(=O)O)=CN2C2CC2)C(N)=C(F)C1(F)N1C[C@@H](NC(=O)OC(C)(C)C)C2(CC2)C1. The number of rotatable bonds is 4. The predicted octanol–water partition coefficient (Wildman–Crippen LogP) is 2.70. The summed E-state index contributed by atoms with van der Waals surface area (Å²) in [5.41, 5.74) is 4.08. The number of fused-ring (bicyclic) bond motifs is 1. The summed E-state index contributed by atoms with van der Waals surface area (Å²) in [5.74, 6) is -7.69. The molecule has 9 nitrogen and oxygen atoms in total. The van der Waals surface area contributed by atoms with Crippen molar-refractivity contribution in [2.75, 3.05) is 13.1 Å². The molecule has 3 aliphatic carbocycles. The Morgan fingerprint density at radius 1 is 1.28 bits per heavy atom. The summed E-state index contributed by atoms with van der Waals surface area (Å²) in [6.45, 7) is 6.89. The molecular weight excluding hydrogens is 474 g/mol. The second kappa shape index (κ2) is 7.77. The molecular formula is C25H32F2N4O5. The molecule has 1 amide bonds. The molecule has 0 aromatic rings. The summed E-state index contributed by atoms with van der Waals surface area (Å²) in [7, 11) is 0. The molecule has 0 bridgehead atoms. The molecule has 11 heteroatoms. The smallest absolute Gasteiger partial charge is 0.407 e. The molecule has 2 heterocycles. The van der Waals surface area contributed by atoms with E-state index >= 15 is 8.78 Å². The molecule has 1 spiro atoms. The van der Waals surface area contributed by atoms with Crippen LogP contribution in [-0.4, -0.2) is 69.3 Å². The van der Waals surface area contributed by atoms with E-state index in [1.54, 1.807) is 25.7 Å². The second-order valence-corrected chi connectivity index (χ2v) is 11.6. The molecule has 2 aliphatic heterocycles. The van der Waals surface area contributed by atoms with Gasteiger partial charge in [0, 0.05) is 42.0 Å². The van der Waals surface area contributed by atoms with Crippen LogP contribution in [0, 0.1) is 11.3 Å². The minimum absolute atomic E-state index is 0.0196. The van der Waals surface area contributed by atoms with Crippen LogP contribution in [0.5, 0.6) is 0 Å². The summed E-state index contributed by atoms with van der Waals surface area (Å²) in [5, 5.41) is 12.4. The number of carbonyl (C=O) groups is 3. The quantitative estimate of drug-likeness (QED) is 0.393. The zero-order chi connectivity index (χ0) is 26.4. The molecule has 0 aromatic carbocycles. The van der Waals surface area contributed by atoms with Gasteiger partial charge < -0.3 is 25.8 Å². The lowest BCUT2D eigenvalue weighted by atomic mass is 9.78. The zero-order valence-corrected chi connectivity index (χ0v) is 20.9. The number of hydrogen-bond acceptors (Lipinski definition) is 7. The number of hydrogen-bond donors (Lipinski definition) is 3. The molecule has 3 atom stereocenters. The van der Waals surface area contributed by atoms with E-state index in [0.717, 1.165) is 25.7 Å². The average Bonchev–Trinajstić information content (AvgIpc) is 3.68. The number of nitrogens with one attached hydrogen (secondary N) is 1. The van der Waals surface area contributed by atoms with E-state index in [0.29, 0.717) is 0 Å². The van der Waals surface area contributed by atoms with Crippen molar-refractivity contribution < 1.29 is 33.0 Å². The maximum Gasteiger partial charge on any atom is 0.407 e. The van der Waals surface area contributed by atoms with Gasteiger partial charge in [0.1, 0.15) is 17.1 Å². The van der Waals surface area contributed by atoms with Gasteiger partial charge in [-0.25, -0.2) is 18.4 Å². The molecule has 0 radical (unpaired) electrons. The number of nitrogens with zero attached hydrogens (tertiary/aromatic N) is 2. The third kappa shape index (κ3) is 3.70. The van der Waals surface area contributed by atoms with Crippen LogP contribution >= 0.6 is 0 Å². The van der Waals surface area contributed by atoms with Crippen molar-refractivity contribution in [3.8, 4) is 0 Å². The first-order chi connectivity index (χ1) is 16.7. The molecule has 0 aromatic heterocycles. The van der Waals surface area contributed by atoms with Crippen LogP contribution in [0.2, 0.25) is 0 Å². The summed E-state index contributed by atoms with van der Waals surface area (Å²) in [4.78, 5) is 40.1. The van der Waals surface area contributed by atoms with Crippen molar-refractivity contribution in [3.63, 3.8) is 0 Å². The van der Waals surface area contributed by atoms with Crippen molar-refractivity contribution in [3.05, 3.63) is 34.6 Å². The molecule has 5 aliphatic rings. The van der Waals surface area contributed by atoms with Crippen LogP contribution in [0.25, 0.3) is 0 Å².